The highest BCUT2D eigenvalue weighted by atomic mass is 16.5. The lowest BCUT2D eigenvalue weighted by molar-refractivity contribution is 0.478. The van der Waals surface area contributed by atoms with Crippen molar-refractivity contribution in [3.8, 4) is 11.5 Å². The van der Waals surface area contributed by atoms with Gasteiger partial charge in [0.05, 0.1) is 0 Å². The quantitative estimate of drug-likeness (QED) is 0.758. The van der Waals surface area contributed by atoms with Crippen LogP contribution in [0.15, 0.2) is 42.7 Å². The third-order valence-electron chi connectivity index (χ3n) is 2.08. The highest BCUT2D eigenvalue weighted by Gasteiger charge is 1.99. The fraction of sp³-hybridized carbons (Fsp3) is 0.0833. The number of nitrogens with zero attached hydrogens (tertiary/aromatic N) is 1. The topological polar surface area (TPSA) is 48.1 Å². The van der Waals surface area contributed by atoms with E-state index in [1.165, 1.54) is 0 Å². The van der Waals surface area contributed by atoms with Crippen LogP contribution in [0.3, 0.4) is 0 Å². The minimum atomic E-state index is 0.730. The molecule has 0 saturated heterocycles. The summed E-state index contributed by atoms with van der Waals surface area (Å²) < 4.78 is 5.67. The monoisotopic (exact) mass is 200 g/mol. The summed E-state index contributed by atoms with van der Waals surface area (Å²) in [5, 5.41) is 0. The van der Waals surface area contributed by atoms with Crippen molar-refractivity contribution in [3.63, 3.8) is 0 Å². The van der Waals surface area contributed by atoms with Gasteiger partial charge in [-0.05, 0) is 37.3 Å². The zero-order valence-corrected chi connectivity index (χ0v) is 8.47. The van der Waals surface area contributed by atoms with Gasteiger partial charge in [0, 0.05) is 23.6 Å². The van der Waals surface area contributed by atoms with Crippen LogP contribution in [-0.2, 0) is 0 Å². The molecule has 0 aliphatic carbocycles. The molecule has 76 valence electrons. The highest BCUT2D eigenvalue weighted by Crippen LogP contribution is 2.24. The van der Waals surface area contributed by atoms with Gasteiger partial charge in [0.1, 0.15) is 11.5 Å². The fourth-order valence-electron chi connectivity index (χ4n) is 1.24. The molecular weight excluding hydrogens is 188 g/mol. The average molecular weight is 200 g/mol. The van der Waals surface area contributed by atoms with E-state index in [9.17, 15) is 0 Å². The normalized spacial score (nSPS) is 9.93. The molecule has 0 bridgehead atoms. The minimum Gasteiger partial charge on any atom is -0.457 e. The first-order valence-electron chi connectivity index (χ1n) is 4.70. The summed E-state index contributed by atoms with van der Waals surface area (Å²) in [6.45, 7) is 1.96. The molecule has 2 aromatic rings. The van der Waals surface area contributed by atoms with Crippen LogP contribution in [0.1, 0.15) is 5.56 Å². The fourth-order valence-corrected chi connectivity index (χ4v) is 1.24. The predicted molar refractivity (Wildman–Crippen MR) is 59.9 cm³/mol. The zero-order chi connectivity index (χ0) is 10.7. The Balaban J connectivity index is 2.22. The van der Waals surface area contributed by atoms with Crippen LogP contribution >= 0.6 is 0 Å². The van der Waals surface area contributed by atoms with Gasteiger partial charge in [0.2, 0.25) is 0 Å². The maximum Gasteiger partial charge on any atom is 0.133 e. The van der Waals surface area contributed by atoms with Crippen LogP contribution in [0, 0.1) is 6.92 Å². The molecule has 2 N–H and O–H groups in total. The first kappa shape index (κ1) is 9.52. The summed E-state index contributed by atoms with van der Waals surface area (Å²) in [7, 11) is 0. The van der Waals surface area contributed by atoms with E-state index in [1.54, 1.807) is 12.4 Å². The molecule has 0 atom stereocenters. The number of rotatable bonds is 2. The smallest absolute Gasteiger partial charge is 0.133 e. The lowest BCUT2D eigenvalue weighted by Crippen LogP contribution is -1.89. The molecule has 1 heterocycles. The maximum absolute atomic E-state index is 5.67. The molecule has 0 spiro atoms. The molecule has 0 unspecified atom stereocenters. The SMILES string of the molecule is Cc1cnccc1Oc1ccc(N)cc1. The molecular formula is C12H12N2O. The van der Waals surface area contributed by atoms with E-state index in [-0.39, 0.29) is 0 Å². The molecule has 0 fully saturated rings. The van der Waals surface area contributed by atoms with Crippen molar-refractivity contribution in [1.29, 1.82) is 0 Å². The van der Waals surface area contributed by atoms with Crippen molar-refractivity contribution in [2.45, 2.75) is 6.92 Å². The van der Waals surface area contributed by atoms with Gasteiger partial charge in [0.25, 0.3) is 0 Å². The number of nitrogens with two attached hydrogens (primary N) is 1. The molecule has 0 radical (unpaired) electrons. The Hall–Kier alpha value is -2.03. The number of benzene rings is 1. The molecule has 0 aliphatic rings. The Morgan fingerprint density at radius 2 is 1.87 bits per heavy atom. The molecule has 0 saturated carbocycles. The molecule has 3 nitrogen and oxygen atoms in total. The second kappa shape index (κ2) is 4.00. The van der Waals surface area contributed by atoms with Gasteiger partial charge in [-0.25, -0.2) is 0 Å². The number of anilines is 1. The molecule has 15 heavy (non-hydrogen) atoms. The third-order valence-corrected chi connectivity index (χ3v) is 2.08. The van der Waals surface area contributed by atoms with Crippen LogP contribution in [0.2, 0.25) is 0 Å². The van der Waals surface area contributed by atoms with Crippen molar-refractivity contribution >= 4 is 5.69 Å². The second-order valence-corrected chi connectivity index (χ2v) is 3.31. The average Bonchev–Trinajstić information content (AvgIpc) is 2.25. The van der Waals surface area contributed by atoms with E-state index in [4.69, 9.17) is 10.5 Å². The number of aryl methyl sites for hydroxylation is 1. The van der Waals surface area contributed by atoms with E-state index in [0.717, 1.165) is 22.7 Å². The van der Waals surface area contributed by atoms with Gasteiger partial charge in [-0.1, -0.05) is 0 Å². The van der Waals surface area contributed by atoms with Crippen molar-refractivity contribution < 1.29 is 4.74 Å². The van der Waals surface area contributed by atoms with Gasteiger partial charge in [-0.3, -0.25) is 4.98 Å². The summed E-state index contributed by atoms with van der Waals surface area (Å²) in [6.07, 6.45) is 3.48. The second-order valence-electron chi connectivity index (χ2n) is 3.31. The van der Waals surface area contributed by atoms with Crippen molar-refractivity contribution in [1.82, 2.24) is 4.98 Å². The molecule has 1 aromatic heterocycles. The van der Waals surface area contributed by atoms with Crippen LogP contribution in [0.4, 0.5) is 5.69 Å². The van der Waals surface area contributed by atoms with Crippen LogP contribution < -0.4 is 10.5 Å². The van der Waals surface area contributed by atoms with E-state index < -0.39 is 0 Å². The molecule has 0 aliphatic heterocycles. The van der Waals surface area contributed by atoms with Gasteiger partial charge in [0.15, 0.2) is 0 Å². The molecule has 3 heteroatoms. The van der Waals surface area contributed by atoms with Gasteiger partial charge < -0.3 is 10.5 Å². The van der Waals surface area contributed by atoms with Gasteiger partial charge in [-0.15, -0.1) is 0 Å². The number of hydrogen-bond donors (Lipinski definition) is 1. The summed E-state index contributed by atoms with van der Waals surface area (Å²) in [6, 6.07) is 9.15. The third kappa shape index (κ3) is 2.26. The maximum atomic E-state index is 5.67. The standard InChI is InChI=1S/C12H12N2O/c1-9-8-14-7-6-12(9)15-11-4-2-10(13)3-5-11/h2-8H,13H2,1H3. The van der Waals surface area contributed by atoms with Crippen LogP contribution in [0.25, 0.3) is 0 Å². The van der Waals surface area contributed by atoms with Crippen molar-refractivity contribution in [2.24, 2.45) is 0 Å². The van der Waals surface area contributed by atoms with E-state index in [0.29, 0.717) is 0 Å². The van der Waals surface area contributed by atoms with E-state index in [2.05, 4.69) is 4.98 Å². The number of pyridine rings is 1. The molecule has 0 amide bonds. The summed E-state index contributed by atoms with van der Waals surface area (Å²) >= 11 is 0. The van der Waals surface area contributed by atoms with E-state index >= 15 is 0 Å². The first-order chi connectivity index (χ1) is 7.25. The van der Waals surface area contributed by atoms with Crippen molar-refractivity contribution in [2.75, 3.05) is 5.73 Å². The lowest BCUT2D eigenvalue weighted by atomic mass is 10.3. The number of ether oxygens (including phenoxy) is 1. The van der Waals surface area contributed by atoms with Crippen LogP contribution in [-0.4, -0.2) is 4.98 Å². The Kier molecular flexibility index (Phi) is 2.54. The largest absolute Gasteiger partial charge is 0.457 e. The van der Waals surface area contributed by atoms with Gasteiger partial charge in [-0.2, -0.15) is 0 Å². The summed E-state index contributed by atoms with van der Waals surface area (Å²) in [5.74, 6) is 1.59. The number of aromatic nitrogens is 1. The first-order valence-corrected chi connectivity index (χ1v) is 4.70. The molecule has 1 aromatic carbocycles. The van der Waals surface area contributed by atoms with Crippen molar-refractivity contribution in [3.05, 3.63) is 48.3 Å². The summed E-state index contributed by atoms with van der Waals surface area (Å²) in [4.78, 5) is 4.00. The zero-order valence-electron chi connectivity index (χ0n) is 8.47. The molecule has 2 rings (SSSR count). The van der Waals surface area contributed by atoms with Crippen LogP contribution in [0.5, 0.6) is 11.5 Å². The summed E-state index contributed by atoms with van der Waals surface area (Å²) in [5.41, 5.74) is 7.32. The van der Waals surface area contributed by atoms with Gasteiger partial charge >= 0.3 is 0 Å². The predicted octanol–water partition coefficient (Wildman–Crippen LogP) is 2.76. The number of hydrogen-bond acceptors (Lipinski definition) is 3. The minimum absolute atomic E-state index is 0.730. The Bertz CT molecular complexity index is 451. The lowest BCUT2D eigenvalue weighted by Gasteiger charge is -2.07. The highest BCUT2D eigenvalue weighted by molar-refractivity contribution is 5.43. The van der Waals surface area contributed by atoms with E-state index in [1.807, 2.05) is 37.3 Å². The Morgan fingerprint density at radius 3 is 2.53 bits per heavy atom. The number of nitrogen functional groups attached to an aromatic ring is 1. The Morgan fingerprint density at radius 1 is 1.13 bits per heavy atom. The Labute approximate surface area is 88.5 Å².